The monoisotopic (exact) mass is 1450 g/mol. The Kier molecular flexibility index (Phi) is 24.1. The molecule has 4 atom stereocenters. The number of hydrogen-bond donors (Lipinski definition) is 7. The second-order valence-corrected chi connectivity index (χ2v) is 31.2. The van der Waals surface area contributed by atoms with Gasteiger partial charge in [0.05, 0.1) is 41.4 Å². The Hall–Kier alpha value is -9.69. The van der Waals surface area contributed by atoms with E-state index in [1.807, 2.05) is 131 Å². The molecule has 4 aromatic heterocycles. The highest BCUT2D eigenvalue weighted by atomic mass is 32.1. The molecule has 2 unspecified atom stereocenters. The topological polar surface area (TPSA) is 292 Å². The zero-order valence-electron chi connectivity index (χ0n) is 61.5. The molecule has 2 saturated heterocycles. The van der Waals surface area contributed by atoms with E-state index in [0.29, 0.717) is 49.5 Å². The minimum Gasteiger partial charge on any atom is -0.444 e. The lowest BCUT2D eigenvalue weighted by molar-refractivity contribution is -0.133. The summed E-state index contributed by atoms with van der Waals surface area (Å²) in [6, 6.07) is 27.6. The molecule has 104 heavy (non-hydrogen) atoms. The first-order valence-corrected chi connectivity index (χ1v) is 37.5. The number of fused-ring (bicyclic) bond motifs is 4. The normalized spacial score (nSPS) is 16.7. The number of rotatable bonds is 21. The molecule has 25 heteroatoms. The number of thiophene rings is 2. The minimum absolute atomic E-state index is 0.0169. The quantitative estimate of drug-likeness (QED) is 0.0354. The number of hydrogen-bond acceptors (Lipinski definition) is 14. The number of carbonyl (C=O) groups is 9. The number of carbonyl (C=O) groups excluding carboxylic acids is 9. The van der Waals surface area contributed by atoms with Crippen LogP contribution in [-0.4, -0.2) is 128 Å². The van der Waals surface area contributed by atoms with Crippen LogP contribution < -0.4 is 51.9 Å². The fourth-order valence-electron chi connectivity index (χ4n) is 13.7. The number of nitrogens with one attached hydrogen (secondary N) is 5. The summed E-state index contributed by atoms with van der Waals surface area (Å²) in [7, 11) is 0. The van der Waals surface area contributed by atoms with Crippen LogP contribution in [0.5, 0.6) is 0 Å². The number of aromatic nitrogens is 2. The highest BCUT2D eigenvalue weighted by Gasteiger charge is 2.43. The Morgan fingerprint density at radius 2 is 1.00 bits per heavy atom. The summed E-state index contributed by atoms with van der Waals surface area (Å²) in [5.74, 6) is -2.59. The molecule has 0 saturated carbocycles. The molecule has 2 fully saturated rings. The van der Waals surface area contributed by atoms with Gasteiger partial charge in [0, 0.05) is 105 Å². The number of ether oxygens (including phenoxy) is 1. The minimum atomic E-state index is -1.45. The first kappa shape index (κ1) is 76.9. The van der Waals surface area contributed by atoms with E-state index in [9.17, 15) is 43.2 Å². The van der Waals surface area contributed by atoms with Gasteiger partial charge in [0.15, 0.2) is 0 Å². The summed E-state index contributed by atoms with van der Waals surface area (Å²) in [4.78, 5) is 130. The fraction of sp³-hybridized carbons (Fsp3) is 0.430. The molecule has 12 rings (SSSR count). The van der Waals surface area contributed by atoms with E-state index in [1.54, 1.807) is 86.3 Å². The van der Waals surface area contributed by atoms with Crippen LogP contribution in [0.3, 0.4) is 0 Å². The van der Waals surface area contributed by atoms with Gasteiger partial charge in [-0.05, 0) is 187 Å². The number of aliphatic hydroxyl groups excluding tert-OH is 1. The summed E-state index contributed by atoms with van der Waals surface area (Å²) < 4.78 is 9.69. The van der Waals surface area contributed by atoms with Gasteiger partial charge < -0.3 is 70.9 Å². The number of benzene rings is 4. The molecule has 9 amide bonds. The molecule has 8 N–H and O–H groups in total. The Labute approximate surface area is 615 Å². The van der Waals surface area contributed by atoms with Gasteiger partial charge in [-0.1, -0.05) is 60.7 Å². The van der Waals surface area contributed by atoms with Crippen LogP contribution >= 0.6 is 22.7 Å². The van der Waals surface area contributed by atoms with Gasteiger partial charge in [-0.25, -0.2) is 4.79 Å². The number of amides is 9. The molecular formula is C79H98N12O11S2. The molecule has 8 aromatic rings. The van der Waals surface area contributed by atoms with E-state index in [0.717, 1.165) is 73.7 Å². The van der Waals surface area contributed by atoms with Crippen molar-refractivity contribution < 1.29 is 53.0 Å². The molecule has 8 heterocycles. The first-order chi connectivity index (χ1) is 49.4. The molecule has 23 nitrogen and oxygen atoms in total. The molecular weight excluding hydrogens is 1360 g/mol. The standard InChI is InChI=1S/C41H50N6O6S.C36H42N6O4S.C2H6O/c1-25(2)46-23-28(29-13-8-9-14-32(29)46)21-30(43-38(51)41(6,7)44-39(52)53-40(3,4)5)36(49)42-31-20-27-12-10-15-33(45-18-11-16-34(45)48)35(27)47(37(31)50)22-26-17-19-54-24-26;1-22(2)41-20-25(26-10-5-6-11-29(26)41)18-27(39-35(46)36(3,4)37)33(44)38-28-17-24-9-7-12-30(40-15-8-13-31(40)43)32(24)42(34(28)45)19-23-14-16-47-21-23;1-2-3/h8-10,12-15,17,19,23-25,30-31H,11,16,18,20-22H2,1-7H3,(H,42,49)(H,43,51)(H,44,52);5-7,9-12,14,16,20-22,27-28H,8,13,15,17-19,37H2,1-4H3,(H,38,44)(H,39,46);3H,2H2,1H3/t30-,31?;27-,28?;/m11./s1. The van der Waals surface area contributed by atoms with Gasteiger partial charge in [-0.15, -0.1) is 0 Å². The smallest absolute Gasteiger partial charge is 0.408 e. The maximum atomic E-state index is 14.5. The largest absolute Gasteiger partial charge is 0.444 e. The number of nitrogens with two attached hydrogens (primary N) is 1. The third-order valence-corrected chi connectivity index (χ3v) is 20.2. The molecule has 0 aliphatic carbocycles. The van der Waals surface area contributed by atoms with E-state index in [4.69, 9.17) is 15.6 Å². The lowest BCUT2D eigenvalue weighted by Crippen LogP contribution is -2.61. The van der Waals surface area contributed by atoms with Crippen LogP contribution in [0.4, 0.5) is 27.5 Å². The van der Waals surface area contributed by atoms with Gasteiger partial charge in [0.25, 0.3) is 0 Å². The van der Waals surface area contributed by atoms with E-state index in [2.05, 4.69) is 63.4 Å². The van der Waals surface area contributed by atoms with Crippen molar-refractivity contribution in [3.8, 4) is 0 Å². The Bertz CT molecular complexity index is 4470. The van der Waals surface area contributed by atoms with Crippen LogP contribution in [0, 0.1) is 0 Å². The number of aliphatic hydroxyl groups is 1. The first-order valence-electron chi connectivity index (χ1n) is 35.7. The van der Waals surface area contributed by atoms with E-state index in [-0.39, 0.29) is 74.5 Å². The van der Waals surface area contributed by atoms with Gasteiger partial charge in [0.1, 0.15) is 35.3 Å². The third kappa shape index (κ3) is 17.7. The Morgan fingerprint density at radius 1 is 0.587 bits per heavy atom. The van der Waals surface area contributed by atoms with Crippen molar-refractivity contribution in [2.24, 2.45) is 5.73 Å². The van der Waals surface area contributed by atoms with Crippen LogP contribution in [-0.2, 0) is 81.9 Å². The second-order valence-electron chi connectivity index (χ2n) is 29.6. The van der Waals surface area contributed by atoms with E-state index >= 15 is 0 Å². The molecule has 4 aliphatic heterocycles. The van der Waals surface area contributed by atoms with Crippen LogP contribution in [0.15, 0.2) is 131 Å². The van der Waals surface area contributed by atoms with Crippen molar-refractivity contribution >= 4 is 121 Å². The van der Waals surface area contributed by atoms with E-state index < -0.39 is 70.6 Å². The van der Waals surface area contributed by atoms with Gasteiger partial charge in [0.2, 0.25) is 47.3 Å². The SMILES string of the molecule is CC(C)n1cc(C[C@@H](NC(=O)C(C)(C)N)C(=O)NC2Cc3cccc(N4CCCC4=O)c3N(Cc3ccsc3)C2=O)c2ccccc21.CC(C)n1cc(C[C@@H](NC(=O)C(C)(C)NC(=O)OC(C)(C)C)C(=O)NC2Cc3cccc(N4CCCC4=O)c3N(Cc3ccsc3)C2=O)c2ccccc21.CCO. The third-order valence-electron chi connectivity index (χ3n) is 18.7. The average Bonchev–Trinajstić information content (AvgIpc) is 0.972. The molecule has 4 aliphatic rings. The number of alkyl carbamates (subject to hydrolysis) is 1. The number of para-hydroxylation sites is 4. The molecule has 4 aromatic carbocycles. The summed E-state index contributed by atoms with van der Waals surface area (Å²) in [6.45, 7) is 23.5. The summed E-state index contributed by atoms with van der Waals surface area (Å²) in [6.07, 6.45) is 6.49. The maximum absolute atomic E-state index is 14.5. The van der Waals surface area contributed by atoms with Gasteiger partial charge in [-0.3, -0.25) is 38.4 Å². The predicted octanol–water partition coefficient (Wildman–Crippen LogP) is 10.5. The van der Waals surface area contributed by atoms with Gasteiger partial charge >= 0.3 is 6.09 Å². The van der Waals surface area contributed by atoms with Crippen LogP contribution in [0.2, 0.25) is 0 Å². The predicted molar refractivity (Wildman–Crippen MR) is 409 cm³/mol. The van der Waals surface area contributed by atoms with Crippen molar-refractivity contribution in [3.05, 3.63) is 164 Å². The zero-order valence-corrected chi connectivity index (χ0v) is 63.1. The van der Waals surface area contributed by atoms with Crippen molar-refractivity contribution in [2.75, 3.05) is 39.3 Å². The maximum Gasteiger partial charge on any atom is 0.408 e. The number of anilines is 4. The average molecular weight is 1460 g/mol. The molecule has 0 spiro atoms. The Morgan fingerprint density at radius 3 is 1.37 bits per heavy atom. The highest BCUT2D eigenvalue weighted by Crippen LogP contribution is 2.42. The van der Waals surface area contributed by atoms with Crippen molar-refractivity contribution in [3.63, 3.8) is 0 Å². The summed E-state index contributed by atoms with van der Waals surface area (Å²) >= 11 is 3.07. The number of nitrogens with zero attached hydrogens (tertiary/aromatic N) is 6. The molecule has 0 bridgehead atoms. The van der Waals surface area contributed by atoms with Crippen molar-refractivity contribution in [1.29, 1.82) is 0 Å². The second kappa shape index (κ2) is 32.5. The summed E-state index contributed by atoms with van der Waals surface area (Å²) in [5, 5.41) is 31.8. The molecule has 552 valence electrons. The van der Waals surface area contributed by atoms with Crippen LogP contribution in [0.25, 0.3) is 21.8 Å². The van der Waals surface area contributed by atoms with Gasteiger partial charge in [-0.2, -0.15) is 22.7 Å². The molecule has 0 radical (unpaired) electrons. The van der Waals surface area contributed by atoms with Crippen LogP contribution in [0.1, 0.15) is 154 Å². The Balaban J connectivity index is 0.000000217. The van der Waals surface area contributed by atoms with E-state index in [1.165, 1.54) is 11.3 Å². The lowest BCUT2D eigenvalue weighted by Gasteiger charge is -2.37. The van der Waals surface area contributed by atoms with Crippen molar-refractivity contribution in [1.82, 2.24) is 35.7 Å². The summed E-state index contributed by atoms with van der Waals surface area (Å²) in [5.41, 5.74) is 12.9. The highest BCUT2D eigenvalue weighted by molar-refractivity contribution is 7.08. The van der Waals surface area contributed by atoms with Crippen molar-refractivity contribution in [2.45, 2.75) is 200 Å². The zero-order chi connectivity index (χ0) is 75.1. The fourth-order valence-corrected chi connectivity index (χ4v) is 15.0. The lowest BCUT2D eigenvalue weighted by atomic mass is 9.94.